The van der Waals surface area contributed by atoms with Gasteiger partial charge in [0.1, 0.15) is 0 Å². The number of benzene rings is 2. The van der Waals surface area contributed by atoms with Crippen LogP contribution in [-0.4, -0.2) is 4.98 Å². The van der Waals surface area contributed by atoms with Gasteiger partial charge in [-0.15, -0.1) is 0 Å². The molecular weight excluding hydrogens is 357 g/mol. The normalized spacial score (nSPS) is 10.8. The molecule has 0 aliphatic carbocycles. The molecule has 0 bridgehead atoms. The van der Waals surface area contributed by atoms with Gasteiger partial charge in [0.25, 0.3) is 0 Å². The summed E-state index contributed by atoms with van der Waals surface area (Å²) in [5, 5.41) is 3.86. The van der Waals surface area contributed by atoms with Gasteiger partial charge in [-0.1, -0.05) is 33.6 Å². The van der Waals surface area contributed by atoms with Crippen molar-refractivity contribution in [3.63, 3.8) is 0 Å². The molecule has 0 amide bonds. The number of rotatable bonds is 2. The lowest BCUT2D eigenvalue weighted by molar-refractivity contribution is 0.632. The lowest BCUT2D eigenvalue weighted by Gasteiger charge is -2.13. The van der Waals surface area contributed by atoms with Gasteiger partial charge < -0.3 is 11.1 Å². The van der Waals surface area contributed by atoms with Crippen LogP contribution in [0.4, 0.5) is 21.5 Å². The smallest absolute Gasteiger partial charge is 0.165 e. The van der Waals surface area contributed by atoms with Gasteiger partial charge in [-0.05, 0) is 30.3 Å². The van der Waals surface area contributed by atoms with Crippen molar-refractivity contribution in [1.82, 2.24) is 4.98 Å². The standard InChI is InChI=1S/C15H10BrClFN3/c16-8-4-5-12-9(6-8)15(11(19)7-20-12)21-13-3-1-2-10(17)14(13)18/h1-7H,19H2,(H,20,21). The average molecular weight is 367 g/mol. The van der Waals surface area contributed by atoms with Crippen molar-refractivity contribution in [1.29, 1.82) is 0 Å². The Morgan fingerprint density at radius 3 is 2.86 bits per heavy atom. The molecule has 0 unspecified atom stereocenters. The van der Waals surface area contributed by atoms with E-state index in [-0.39, 0.29) is 10.7 Å². The Morgan fingerprint density at radius 1 is 1.24 bits per heavy atom. The fourth-order valence-corrected chi connectivity index (χ4v) is 2.59. The first-order valence-electron chi connectivity index (χ1n) is 6.11. The Kier molecular flexibility index (Phi) is 3.69. The maximum absolute atomic E-state index is 14.0. The van der Waals surface area contributed by atoms with Crippen LogP contribution >= 0.6 is 27.5 Å². The van der Waals surface area contributed by atoms with E-state index in [1.807, 2.05) is 18.2 Å². The molecule has 3 nitrogen and oxygen atoms in total. The highest BCUT2D eigenvalue weighted by molar-refractivity contribution is 9.10. The third-order valence-corrected chi connectivity index (χ3v) is 3.86. The number of nitrogen functional groups attached to an aromatic ring is 1. The van der Waals surface area contributed by atoms with Crippen LogP contribution in [0.25, 0.3) is 10.9 Å². The number of anilines is 3. The summed E-state index contributed by atoms with van der Waals surface area (Å²) in [5.41, 5.74) is 8.03. The van der Waals surface area contributed by atoms with Crippen LogP contribution < -0.4 is 11.1 Å². The molecule has 0 saturated carbocycles. The molecular formula is C15H10BrClFN3. The highest BCUT2D eigenvalue weighted by atomic mass is 79.9. The second kappa shape index (κ2) is 5.50. The molecule has 3 rings (SSSR count). The van der Waals surface area contributed by atoms with Gasteiger partial charge in [0.15, 0.2) is 5.82 Å². The molecule has 21 heavy (non-hydrogen) atoms. The summed E-state index contributed by atoms with van der Waals surface area (Å²) >= 11 is 9.21. The molecule has 106 valence electrons. The first-order valence-corrected chi connectivity index (χ1v) is 7.28. The molecule has 3 N–H and O–H groups in total. The van der Waals surface area contributed by atoms with Gasteiger partial charge in [-0.3, -0.25) is 4.98 Å². The van der Waals surface area contributed by atoms with E-state index in [2.05, 4.69) is 26.2 Å². The minimum absolute atomic E-state index is 0.0538. The zero-order valence-electron chi connectivity index (χ0n) is 10.7. The summed E-state index contributed by atoms with van der Waals surface area (Å²) in [6.07, 6.45) is 1.54. The summed E-state index contributed by atoms with van der Waals surface area (Å²) in [5.74, 6) is -0.515. The number of nitrogens with zero attached hydrogens (tertiary/aromatic N) is 1. The minimum Gasteiger partial charge on any atom is -0.396 e. The fourth-order valence-electron chi connectivity index (χ4n) is 2.05. The average Bonchev–Trinajstić information content (AvgIpc) is 2.46. The summed E-state index contributed by atoms with van der Waals surface area (Å²) < 4.78 is 14.9. The van der Waals surface area contributed by atoms with Crippen LogP contribution in [0.1, 0.15) is 0 Å². The van der Waals surface area contributed by atoms with Gasteiger partial charge in [0.05, 0.1) is 33.8 Å². The molecule has 3 aromatic rings. The predicted octanol–water partition coefficient (Wildman–Crippen LogP) is 5.12. The van der Waals surface area contributed by atoms with Crippen molar-refractivity contribution < 1.29 is 4.39 Å². The van der Waals surface area contributed by atoms with Crippen LogP contribution in [0.15, 0.2) is 47.1 Å². The van der Waals surface area contributed by atoms with E-state index in [9.17, 15) is 4.39 Å². The van der Waals surface area contributed by atoms with Crippen molar-refractivity contribution in [2.45, 2.75) is 0 Å². The maximum atomic E-state index is 14.0. The Bertz CT molecular complexity index is 833. The molecule has 0 spiro atoms. The van der Waals surface area contributed by atoms with Gasteiger partial charge in [0, 0.05) is 9.86 Å². The number of halogens is 3. The van der Waals surface area contributed by atoms with E-state index in [4.69, 9.17) is 17.3 Å². The molecule has 0 saturated heterocycles. The molecule has 0 aliphatic rings. The van der Waals surface area contributed by atoms with Crippen LogP contribution in [-0.2, 0) is 0 Å². The Labute approximate surface area is 134 Å². The van der Waals surface area contributed by atoms with Crippen LogP contribution in [0, 0.1) is 5.82 Å². The number of hydrogen-bond donors (Lipinski definition) is 2. The molecule has 1 heterocycles. The first-order chi connectivity index (χ1) is 10.1. The monoisotopic (exact) mass is 365 g/mol. The molecule has 0 atom stereocenters. The third-order valence-electron chi connectivity index (χ3n) is 3.07. The van der Waals surface area contributed by atoms with Gasteiger partial charge in [-0.25, -0.2) is 4.39 Å². The highest BCUT2D eigenvalue weighted by Gasteiger charge is 2.11. The molecule has 6 heteroatoms. The number of nitrogens with two attached hydrogens (primary N) is 1. The number of fused-ring (bicyclic) bond motifs is 1. The number of nitrogens with one attached hydrogen (secondary N) is 1. The summed E-state index contributed by atoms with van der Waals surface area (Å²) in [7, 11) is 0. The maximum Gasteiger partial charge on any atom is 0.165 e. The third kappa shape index (κ3) is 2.66. The van der Waals surface area contributed by atoms with Crippen molar-refractivity contribution in [2.75, 3.05) is 11.1 Å². The lowest BCUT2D eigenvalue weighted by atomic mass is 10.1. The topological polar surface area (TPSA) is 50.9 Å². The van der Waals surface area contributed by atoms with Gasteiger partial charge >= 0.3 is 0 Å². The number of pyridine rings is 1. The van der Waals surface area contributed by atoms with Crippen molar-refractivity contribution >= 4 is 55.5 Å². The van der Waals surface area contributed by atoms with Gasteiger partial charge in [0.2, 0.25) is 0 Å². The summed E-state index contributed by atoms with van der Waals surface area (Å²) in [6.45, 7) is 0. The minimum atomic E-state index is -0.515. The van der Waals surface area contributed by atoms with Gasteiger partial charge in [-0.2, -0.15) is 0 Å². The van der Waals surface area contributed by atoms with E-state index < -0.39 is 5.82 Å². The van der Waals surface area contributed by atoms with E-state index in [1.54, 1.807) is 18.3 Å². The largest absolute Gasteiger partial charge is 0.396 e. The summed E-state index contributed by atoms with van der Waals surface area (Å²) in [4.78, 5) is 4.26. The summed E-state index contributed by atoms with van der Waals surface area (Å²) in [6, 6.07) is 10.4. The van der Waals surface area contributed by atoms with Crippen molar-refractivity contribution in [3.05, 3.63) is 57.9 Å². The van der Waals surface area contributed by atoms with E-state index >= 15 is 0 Å². The molecule has 1 aromatic heterocycles. The molecule has 0 radical (unpaired) electrons. The molecule has 2 aromatic carbocycles. The predicted molar refractivity (Wildman–Crippen MR) is 88.5 cm³/mol. The van der Waals surface area contributed by atoms with E-state index in [0.717, 1.165) is 15.4 Å². The first kappa shape index (κ1) is 14.1. The second-order valence-electron chi connectivity index (χ2n) is 4.48. The Hall–Kier alpha value is -1.85. The fraction of sp³-hybridized carbons (Fsp3) is 0. The van der Waals surface area contributed by atoms with Crippen molar-refractivity contribution in [2.24, 2.45) is 0 Å². The Morgan fingerprint density at radius 2 is 2.05 bits per heavy atom. The quantitative estimate of drug-likeness (QED) is 0.662. The number of hydrogen-bond acceptors (Lipinski definition) is 3. The van der Waals surface area contributed by atoms with Crippen LogP contribution in [0.3, 0.4) is 0 Å². The zero-order valence-corrected chi connectivity index (χ0v) is 13.0. The second-order valence-corrected chi connectivity index (χ2v) is 5.80. The Balaban J connectivity index is 2.18. The lowest BCUT2D eigenvalue weighted by Crippen LogP contribution is -2.00. The van der Waals surface area contributed by atoms with Crippen molar-refractivity contribution in [3.8, 4) is 0 Å². The zero-order chi connectivity index (χ0) is 15.0. The molecule has 0 aliphatic heterocycles. The number of aromatic nitrogens is 1. The van der Waals surface area contributed by atoms with E-state index in [0.29, 0.717) is 11.4 Å². The SMILES string of the molecule is Nc1cnc2ccc(Br)cc2c1Nc1cccc(Cl)c1F. The highest BCUT2D eigenvalue weighted by Crippen LogP contribution is 2.34. The van der Waals surface area contributed by atoms with Crippen LogP contribution in [0.5, 0.6) is 0 Å². The van der Waals surface area contributed by atoms with Crippen LogP contribution in [0.2, 0.25) is 5.02 Å². The molecule has 0 fully saturated rings. The van der Waals surface area contributed by atoms with E-state index in [1.165, 1.54) is 6.07 Å².